The Bertz CT molecular complexity index is 1320. The molecule has 0 radical (unpaired) electrons. The molecule has 0 saturated heterocycles. The highest BCUT2D eigenvalue weighted by molar-refractivity contribution is 5.91. The predicted molar refractivity (Wildman–Crippen MR) is 130 cm³/mol. The van der Waals surface area contributed by atoms with Crippen LogP contribution in [0.3, 0.4) is 0 Å². The number of aromatic amines is 1. The fourth-order valence-electron chi connectivity index (χ4n) is 3.93. The van der Waals surface area contributed by atoms with Gasteiger partial charge in [0, 0.05) is 29.2 Å². The van der Waals surface area contributed by atoms with E-state index in [0.29, 0.717) is 25.1 Å². The summed E-state index contributed by atoms with van der Waals surface area (Å²) in [7, 11) is 0. The summed E-state index contributed by atoms with van der Waals surface area (Å²) in [4.78, 5) is 14.4. The number of hydrogen-bond donors (Lipinski definition) is 4. The molecule has 3 aromatic carbocycles. The number of rotatable bonds is 8. The minimum Gasteiger partial charge on any atom is -0.354 e. The minimum atomic E-state index is -4.37. The van der Waals surface area contributed by atoms with Gasteiger partial charge in [-0.3, -0.25) is 10.0 Å². The Morgan fingerprint density at radius 3 is 2.37 bits per heavy atom. The van der Waals surface area contributed by atoms with Gasteiger partial charge in [-0.15, -0.1) is 0 Å². The smallest absolute Gasteiger partial charge is 0.354 e. The van der Waals surface area contributed by atoms with Crippen LogP contribution in [-0.2, 0) is 23.9 Å². The van der Waals surface area contributed by atoms with Crippen molar-refractivity contribution in [3.8, 4) is 11.3 Å². The first-order valence-electron chi connectivity index (χ1n) is 11.0. The highest BCUT2D eigenvalue weighted by Crippen LogP contribution is 2.34. The molecule has 1 aromatic heterocycles. The van der Waals surface area contributed by atoms with Gasteiger partial charge in [-0.05, 0) is 59.5 Å². The monoisotopic (exact) mass is 479 g/mol. The topological polar surface area (TPSA) is 77.2 Å². The molecule has 0 aliphatic heterocycles. The second-order valence-corrected chi connectivity index (χ2v) is 8.08. The van der Waals surface area contributed by atoms with Crippen molar-refractivity contribution in [1.29, 1.82) is 0 Å². The second-order valence-electron chi connectivity index (χ2n) is 8.08. The molecule has 5 nitrogen and oxygen atoms in total. The highest BCUT2D eigenvalue weighted by atomic mass is 19.4. The van der Waals surface area contributed by atoms with Crippen LogP contribution in [0, 0.1) is 0 Å². The van der Waals surface area contributed by atoms with Crippen LogP contribution in [0.1, 0.15) is 22.3 Å². The van der Waals surface area contributed by atoms with Crippen LogP contribution in [0.2, 0.25) is 0 Å². The van der Waals surface area contributed by atoms with Gasteiger partial charge in [-0.1, -0.05) is 54.6 Å². The van der Waals surface area contributed by atoms with Crippen LogP contribution in [-0.4, -0.2) is 22.6 Å². The molecular weight excluding hydrogens is 455 g/mol. The number of aromatic nitrogens is 1. The van der Waals surface area contributed by atoms with Gasteiger partial charge in [0.25, 0.3) is 5.91 Å². The predicted octanol–water partition coefficient (Wildman–Crippen LogP) is 5.70. The molecule has 0 bridgehead atoms. The molecule has 180 valence electrons. The normalized spacial score (nSPS) is 11.9. The minimum absolute atomic E-state index is 0.594. The Labute approximate surface area is 200 Å². The van der Waals surface area contributed by atoms with Gasteiger partial charge in [0.05, 0.1) is 5.56 Å². The molecule has 1 heterocycles. The molecule has 0 fully saturated rings. The van der Waals surface area contributed by atoms with Gasteiger partial charge >= 0.3 is 6.18 Å². The summed E-state index contributed by atoms with van der Waals surface area (Å²) in [5.74, 6) is -0.594. The average molecular weight is 480 g/mol. The third-order valence-corrected chi connectivity index (χ3v) is 5.71. The van der Waals surface area contributed by atoms with Crippen molar-refractivity contribution in [1.82, 2.24) is 15.8 Å². The van der Waals surface area contributed by atoms with Crippen molar-refractivity contribution in [2.24, 2.45) is 0 Å². The van der Waals surface area contributed by atoms with Gasteiger partial charge < -0.3 is 10.3 Å². The lowest BCUT2D eigenvalue weighted by molar-refractivity contribution is -0.137. The number of fused-ring (bicyclic) bond motifs is 1. The lowest BCUT2D eigenvalue weighted by Crippen LogP contribution is -2.16. The molecule has 1 amide bonds. The molecule has 35 heavy (non-hydrogen) atoms. The van der Waals surface area contributed by atoms with Crippen molar-refractivity contribution < 1.29 is 23.2 Å². The van der Waals surface area contributed by atoms with Crippen molar-refractivity contribution in [3.05, 3.63) is 101 Å². The maximum atomic E-state index is 13.0. The quantitative estimate of drug-likeness (QED) is 0.113. The first kappa shape index (κ1) is 24.3. The number of benzene rings is 3. The molecule has 0 saturated carbocycles. The van der Waals surface area contributed by atoms with E-state index in [0.717, 1.165) is 45.4 Å². The van der Waals surface area contributed by atoms with Crippen molar-refractivity contribution in [3.63, 3.8) is 0 Å². The summed E-state index contributed by atoms with van der Waals surface area (Å²) in [6, 6.07) is 20.7. The van der Waals surface area contributed by atoms with E-state index < -0.39 is 17.6 Å². The average Bonchev–Trinajstić information content (AvgIpc) is 3.24. The molecule has 0 spiro atoms. The zero-order valence-electron chi connectivity index (χ0n) is 18.7. The second kappa shape index (κ2) is 10.6. The molecule has 4 aromatic rings. The van der Waals surface area contributed by atoms with Crippen LogP contribution in [0.25, 0.3) is 28.2 Å². The van der Waals surface area contributed by atoms with E-state index >= 15 is 0 Å². The number of halogens is 3. The Morgan fingerprint density at radius 1 is 0.971 bits per heavy atom. The number of para-hydroxylation sites is 1. The fraction of sp³-hybridized carbons (Fsp3) is 0.148. The van der Waals surface area contributed by atoms with E-state index in [9.17, 15) is 18.0 Å². The van der Waals surface area contributed by atoms with Crippen LogP contribution in [0.4, 0.5) is 13.2 Å². The molecule has 8 heteroatoms. The number of amides is 1. The van der Waals surface area contributed by atoms with E-state index in [1.165, 1.54) is 18.2 Å². The van der Waals surface area contributed by atoms with Gasteiger partial charge in [0.1, 0.15) is 0 Å². The fourth-order valence-corrected chi connectivity index (χ4v) is 3.93. The number of hydroxylamine groups is 1. The van der Waals surface area contributed by atoms with E-state index in [1.807, 2.05) is 48.5 Å². The van der Waals surface area contributed by atoms with Crippen molar-refractivity contribution >= 4 is 22.9 Å². The number of hydrogen-bond acceptors (Lipinski definition) is 3. The molecule has 0 aliphatic carbocycles. The van der Waals surface area contributed by atoms with Crippen LogP contribution in [0.15, 0.2) is 78.9 Å². The Balaban J connectivity index is 1.44. The standard InChI is InChI=1S/C27H24F3N3O2/c28-27(29,30)21-12-10-20(11-13-21)26-23(22-3-1-2-4-24(22)32-26)15-16-31-17-19-7-5-18(6-8-19)9-14-25(34)33-35/h1-14,31-32,35H,15-17H2,(H,33,34). The van der Waals surface area contributed by atoms with Gasteiger partial charge in [0.15, 0.2) is 0 Å². The Kier molecular flexibility index (Phi) is 7.33. The summed E-state index contributed by atoms with van der Waals surface area (Å²) >= 11 is 0. The lowest BCUT2D eigenvalue weighted by Gasteiger charge is -2.10. The number of nitrogens with one attached hydrogen (secondary N) is 3. The lowest BCUT2D eigenvalue weighted by atomic mass is 10.0. The van der Waals surface area contributed by atoms with E-state index in [4.69, 9.17) is 5.21 Å². The summed E-state index contributed by atoms with van der Waals surface area (Å²) in [5.41, 5.74) is 6.30. The molecule has 0 aliphatic rings. The summed E-state index contributed by atoms with van der Waals surface area (Å²) in [6.45, 7) is 1.31. The molecular formula is C27H24F3N3O2. The SMILES string of the molecule is O=C(C=Cc1ccc(CNCCc2c(-c3ccc(C(F)(F)F)cc3)[nH]c3ccccc23)cc1)NO. The molecule has 4 rings (SSSR count). The van der Waals surface area contributed by atoms with Gasteiger partial charge in [-0.25, -0.2) is 5.48 Å². The third kappa shape index (κ3) is 5.98. The highest BCUT2D eigenvalue weighted by Gasteiger charge is 2.30. The van der Waals surface area contributed by atoms with Gasteiger partial charge in [-0.2, -0.15) is 13.2 Å². The molecule has 0 unspecified atom stereocenters. The summed E-state index contributed by atoms with van der Waals surface area (Å²) < 4.78 is 38.9. The third-order valence-electron chi connectivity index (χ3n) is 5.71. The zero-order valence-corrected chi connectivity index (χ0v) is 18.7. The maximum Gasteiger partial charge on any atom is 0.416 e. The van der Waals surface area contributed by atoms with E-state index in [1.54, 1.807) is 11.6 Å². The number of carbonyl (C=O) groups is 1. The van der Waals surface area contributed by atoms with Crippen molar-refractivity contribution in [2.45, 2.75) is 19.1 Å². The van der Waals surface area contributed by atoms with E-state index in [2.05, 4.69) is 10.3 Å². The van der Waals surface area contributed by atoms with E-state index in [-0.39, 0.29) is 0 Å². The number of carbonyl (C=O) groups excluding carboxylic acids is 1. The number of alkyl halides is 3. The summed E-state index contributed by atoms with van der Waals surface area (Å²) in [6.07, 6.45) is -0.836. The first-order valence-corrected chi connectivity index (χ1v) is 11.0. The van der Waals surface area contributed by atoms with Crippen LogP contribution >= 0.6 is 0 Å². The Hall–Kier alpha value is -3.88. The molecule has 0 atom stereocenters. The number of H-pyrrole nitrogens is 1. The molecule has 4 N–H and O–H groups in total. The Morgan fingerprint density at radius 2 is 1.69 bits per heavy atom. The largest absolute Gasteiger partial charge is 0.416 e. The van der Waals surface area contributed by atoms with Crippen LogP contribution < -0.4 is 10.8 Å². The van der Waals surface area contributed by atoms with Crippen LogP contribution in [0.5, 0.6) is 0 Å². The maximum absolute atomic E-state index is 13.0. The summed E-state index contributed by atoms with van der Waals surface area (Å²) in [5, 5.41) is 13.0. The first-order chi connectivity index (χ1) is 16.8. The van der Waals surface area contributed by atoms with Gasteiger partial charge in [0.2, 0.25) is 0 Å². The van der Waals surface area contributed by atoms with Crippen molar-refractivity contribution in [2.75, 3.05) is 6.54 Å². The zero-order chi connectivity index (χ0) is 24.8.